The van der Waals surface area contributed by atoms with Crippen LogP contribution in [0.15, 0.2) is 36.5 Å². The Kier molecular flexibility index (Phi) is 5.15. The van der Waals surface area contributed by atoms with Crippen molar-refractivity contribution in [2.45, 2.75) is 20.3 Å². The number of benzene rings is 1. The molecule has 110 valence electrons. The van der Waals surface area contributed by atoms with Crippen LogP contribution in [-0.4, -0.2) is 22.7 Å². The van der Waals surface area contributed by atoms with E-state index >= 15 is 0 Å². The zero-order valence-corrected chi connectivity index (χ0v) is 12.2. The molecule has 0 bridgehead atoms. The van der Waals surface area contributed by atoms with Crippen molar-refractivity contribution in [1.29, 1.82) is 0 Å². The third-order valence-electron chi connectivity index (χ3n) is 2.98. The number of aryl methyl sites for hydroxylation is 1. The molecule has 5 nitrogen and oxygen atoms in total. The predicted octanol–water partition coefficient (Wildman–Crippen LogP) is 3.02. The number of aromatic amines is 1. The van der Waals surface area contributed by atoms with E-state index in [2.05, 4.69) is 15.5 Å². The number of rotatable bonds is 6. The number of H-pyrrole nitrogens is 1. The predicted molar refractivity (Wildman–Crippen MR) is 83.2 cm³/mol. The fourth-order valence-corrected chi connectivity index (χ4v) is 1.92. The zero-order valence-electron chi connectivity index (χ0n) is 12.2. The van der Waals surface area contributed by atoms with Crippen molar-refractivity contribution < 1.29 is 9.53 Å². The van der Waals surface area contributed by atoms with E-state index < -0.39 is 0 Å². The highest BCUT2D eigenvalue weighted by atomic mass is 16.5. The SMILES string of the molecule is CCOc1ccccc1/C=C/C(=O)Nc1[nH]ncc1CC. The fourth-order valence-electron chi connectivity index (χ4n) is 1.92. The second-order valence-corrected chi connectivity index (χ2v) is 4.42. The summed E-state index contributed by atoms with van der Waals surface area (Å²) >= 11 is 0. The number of para-hydroxylation sites is 1. The van der Waals surface area contributed by atoms with Gasteiger partial charge in [-0.3, -0.25) is 9.89 Å². The van der Waals surface area contributed by atoms with Crippen LogP contribution >= 0.6 is 0 Å². The van der Waals surface area contributed by atoms with Crippen LogP contribution in [0.5, 0.6) is 5.75 Å². The maximum absolute atomic E-state index is 11.9. The van der Waals surface area contributed by atoms with Gasteiger partial charge >= 0.3 is 0 Å². The molecule has 1 amide bonds. The molecule has 21 heavy (non-hydrogen) atoms. The molecule has 5 heteroatoms. The molecule has 0 saturated carbocycles. The molecule has 0 saturated heterocycles. The van der Waals surface area contributed by atoms with Gasteiger partial charge in [0.2, 0.25) is 5.91 Å². The average Bonchev–Trinajstić information content (AvgIpc) is 2.94. The quantitative estimate of drug-likeness (QED) is 0.802. The average molecular weight is 285 g/mol. The van der Waals surface area contributed by atoms with Gasteiger partial charge in [0, 0.05) is 17.2 Å². The number of ether oxygens (including phenoxy) is 1. The largest absolute Gasteiger partial charge is 0.493 e. The van der Waals surface area contributed by atoms with Crippen LogP contribution in [0.25, 0.3) is 6.08 Å². The zero-order chi connectivity index (χ0) is 15.1. The Balaban J connectivity index is 2.05. The van der Waals surface area contributed by atoms with E-state index in [9.17, 15) is 4.79 Å². The Hall–Kier alpha value is -2.56. The number of aromatic nitrogens is 2. The maximum atomic E-state index is 11.9. The van der Waals surface area contributed by atoms with E-state index in [0.29, 0.717) is 12.4 Å². The summed E-state index contributed by atoms with van der Waals surface area (Å²) in [6, 6.07) is 7.60. The van der Waals surface area contributed by atoms with Crippen LogP contribution in [0.2, 0.25) is 0 Å². The van der Waals surface area contributed by atoms with Gasteiger partial charge in [-0.25, -0.2) is 0 Å². The second-order valence-electron chi connectivity index (χ2n) is 4.42. The molecule has 0 fully saturated rings. The molecule has 1 aromatic heterocycles. The lowest BCUT2D eigenvalue weighted by molar-refractivity contribution is -0.111. The molecule has 1 aromatic carbocycles. The molecule has 2 rings (SSSR count). The standard InChI is InChI=1S/C16H19N3O2/c1-3-12-11-17-19-16(12)18-15(20)10-9-13-7-5-6-8-14(13)21-4-2/h5-11H,3-4H2,1-2H3,(H2,17,18,19,20)/b10-9+. The molecule has 0 spiro atoms. The highest BCUT2D eigenvalue weighted by molar-refractivity contribution is 6.01. The van der Waals surface area contributed by atoms with Crippen LogP contribution in [-0.2, 0) is 11.2 Å². The van der Waals surface area contributed by atoms with Gasteiger partial charge in [-0.05, 0) is 25.5 Å². The van der Waals surface area contributed by atoms with Crippen molar-refractivity contribution in [3.8, 4) is 5.75 Å². The van der Waals surface area contributed by atoms with E-state index in [1.807, 2.05) is 38.1 Å². The molecule has 0 unspecified atom stereocenters. The molecule has 0 aliphatic heterocycles. The van der Waals surface area contributed by atoms with E-state index in [0.717, 1.165) is 23.3 Å². The summed E-state index contributed by atoms with van der Waals surface area (Å²) < 4.78 is 5.51. The van der Waals surface area contributed by atoms with Gasteiger partial charge in [-0.15, -0.1) is 0 Å². The summed E-state index contributed by atoms with van der Waals surface area (Å²) in [6.07, 6.45) is 5.74. The van der Waals surface area contributed by atoms with Crippen molar-refractivity contribution in [1.82, 2.24) is 10.2 Å². The van der Waals surface area contributed by atoms with Gasteiger partial charge in [0.1, 0.15) is 11.6 Å². The first-order valence-corrected chi connectivity index (χ1v) is 6.97. The third kappa shape index (κ3) is 3.95. The Bertz CT molecular complexity index is 632. The van der Waals surface area contributed by atoms with E-state index in [1.54, 1.807) is 12.3 Å². The summed E-state index contributed by atoms with van der Waals surface area (Å²) in [5.41, 5.74) is 1.85. The number of carbonyl (C=O) groups is 1. The molecule has 0 radical (unpaired) electrons. The lowest BCUT2D eigenvalue weighted by atomic mass is 10.2. The van der Waals surface area contributed by atoms with Gasteiger partial charge in [0.25, 0.3) is 0 Å². The monoisotopic (exact) mass is 285 g/mol. The van der Waals surface area contributed by atoms with Crippen molar-refractivity contribution in [2.75, 3.05) is 11.9 Å². The van der Waals surface area contributed by atoms with Crippen molar-refractivity contribution in [3.63, 3.8) is 0 Å². The number of nitrogens with zero attached hydrogens (tertiary/aromatic N) is 1. The fraction of sp³-hybridized carbons (Fsp3) is 0.250. The summed E-state index contributed by atoms with van der Waals surface area (Å²) in [5.74, 6) is 1.20. The topological polar surface area (TPSA) is 67.0 Å². The number of hydrogen-bond donors (Lipinski definition) is 2. The molecular weight excluding hydrogens is 266 g/mol. The first-order valence-electron chi connectivity index (χ1n) is 6.97. The second kappa shape index (κ2) is 7.28. The molecule has 1 heterocycles. The molecular formula is C16H19N3O2. The Morgan fingerprint density at radius 1 is 1.38 bits per heavy atom. The van der Waals surface area contributed by atoms with Gasteiger partial charge in [-0.2, -0.15) is 5.10 Å². The van der Waals surface area contributed by atoms with E-state index in [4.69, 9.17) is 4.74 Å². The van der Waals surface area contributed by atoms with Gasteiger partial charge in [0.05, 0.1) is 12.8 Å². The van der Waals surface area contributed by atoms with Crippen LogP contribution in [0.3, 0.4) is 0 Å². The molecule has 2 N–H and O–H groups in total. The van der Waals surface area contributed by atoms with E-state index in [1.165, 1.54) is 6.08 Å². The van der Waals surface area contributed by atoms with Crippen molar-refractivity contribution >= 4 is 17.8 Å². The number of amides is 1. The normalized spacial score (nSPS) is 10.8. The molecule has 2 aromatic rings. The minimum Gasteiger partial charge on any atom is -0.493 e. The maximum Gasteiger partial charge on any atom is 0.249 e. The summed E-state index contributed by atoms with van der Waals surface area (Å²) in [4.78, 5) is 11.9. The number of nitrogens with one attached hydrogen (secondary N) is 2. The minimum atomic E-state index is -0.208. The number of carbonyl (C=O) groups excluding carboxylic acids is 1. The summed E-state index contributed by atoms with van der Waals surface area (Å²) in [5, 5.41) is 9.47. The Morgan fingerprint density at radius 2 is 2.19 bits per heavy atom. The smallest absolute Gasteiger partial charge is 0.249 e. The lowest BCUT2D eigenvalue weighted by Gasteiger charge is -2.06. The van der Waals surface area contributed by atoms with Gasteiger partial charge in [-0.1, -0.05) is 25.1 Å². The van der Waals surface area contributed by atoms with Crippen LogP contribution in [0.4, 0.5) is 5.82 Å². The van der Waals surface area contributed by atoms with Gasteiger partial charge in [0.15, 0.2) is 0 Å². The van der Waals surface area contributed by atoms with Crippen LogP contribution < -0.4 is 10.1 Å². The van der Waals surface area contributed by atoms with Crippen molar-refractivity contribution in [3.05, 3.63) is 47.7 Å². The highest BCUT2D eigenvalue weighted by Crippen LogP contribution is 2.19. The van der Waals surface area contributed by atoms with Gasteiger partial charge < -0.3 is 10.1 Å². The van der Waals surface area contributed by atoms with Crippen molar-refractivity contribution in [2.24, 2.45) is 0 Å². The highest BCUT2D eigenvalue weighted by Gasteiger charge is 2.05. The minimum absolute atomic E-state index is 0.208. The molecule has 0 atom stereocenters. The molecule has 0 aliphatic carbocycles. The lowest BCUT2D eigenvalue weighted by Crippen LogP contribution is -2.09. The first-order chi connectivity index (χ1) is 10.2. The summed E-state index contributed by atoms with van der Waals surface area (Å²) in [7, 11) is 0. The third-order valence-corrected chi connectivity index (χ3v) is 2.98. The van der Waals surface area contributed by atoms with Crippen LogP contribution in [0.1, 0.15) is 25.0 Å². The molecule has 0 aliphatic rings. The number of anilines is 1. The Morgan fingerprint density at radius 3 is 2.95 bits per heavy atom. The van der Waals surface area contributed by atoms with Crippen LogP contribution in [0, 0.1) is 0 Å². The first kappa shape index (κ1) is 14.8. The summed E-state index contributed by atoms with van der Waals surface area (Å²) in [6.45, 7) is 4.53. The van der Waals surface area contributed by atoms with E-state index in [-0.39, 0.29) is 5.91 Å². The Labute approximate surface area is 124 Å². The number of hydrogen-bond acceptors (Lipinski definition) is 3.